The van der Waals surface area contributed by atoms with Gasteiger partial charge in [0.1, 0.15) is 0 Å². The van der Waals surface area contributed by atoms with E-state index in [4.69, 9.17) is 0 Å². The minimum atomic E-state index is -0.0926. The topological polar surface area (TPSA) is 40.5 Å². The molecular formula is C27H46O2Pb. The predicted octanol–water partition coefficient (Wildman–Crippen LogP) is 5.98. The predicted molar refractivity (Wildman–Crippen MR) is 126 cm³/mol. The largest absolute Gasteiger partial charge is 0.396 e. The molecule has 2 nitrogen and oxygen atoms in total. The zero-order valence-electron chi connectivity index (χ0n) is 20.0. The van der Waals surface area contributed by atoms with Crippen molar-refractivity contribution in [3.05, 3.63) is 11.6 Å². The Hall–Kier alpha value is 0.582. The fourth-order valence-electron chi connectivity index (χ4n) is 8.70. The molecule has 170 valence electrons. The maximum Gasteiger partial charge on any atom is 0.0577 e. The normalized spacial score (nSPS) is 44.7. The fraction of sp³-hybridized carbons (Fsp3) is 0.926. The van der Waals surface area contributed by atoms with Gasteiger partial charge in [-0.15, -0.1) is 0 Å². The van der Waals surface area contributed by atoms with E-state index in [1.54, 1.807) is 5.57 Å². The van der Waals surface area contributed by atoms with Crippen molar-refractivity contribution in [2.24, 2.45) is 46.3 Å². The van der Waals surface area contributed by atoms with Crippen molar-refractivity contribution in [2.75, 3.05) is 6.61 Å². The van der Waals surface area contributed by atoms with Crippen LogP contribution < -0.4 is 0 Å². The van der Waals surface area contributed by atoms with E-state index < -0.39 is 0 Å². The van der Waals surface area contributed by atoms with E-state index in [0.717, 1.165) is 42.4 Å². The smallest absolute Gasteiger partial charge is 0.0577 e. The molecule has 3 heteroatoms. The van der Waals surface area contributed by atoms with E-state index in [2.05, 4.69) is 33.8 Å². The second kappa shape index (κ2) is 9.83. The van der Waals surface area contributed by atoms with Gasteiger partial charge >= 0.3 is 0 Å². The van der Waals surface area contributed by atoms with Gasteiger partial charge in [-0.05, 0) is 104 Å². The average molecular weight is 610 g/mol. The Morgan fingerprint density at radius 3 is 2.53 bits per heavy atom. The number of aliphatic hydroxyl groups is 2. The quantitative estimate of drug-likeness (QED) is 0.287. The van der Waals surface area contributed by atoms with Gasteiger partial charge in [0, 0.05) is 33.9 Å². The Morgan fingerprint density at radius 2 is 1.80 bits per heavy atom. The Morgan fingerprint density at radius 1 is 1.03 bits per heavy atom. The van der Waals surface area contributed by atoms with Crippen molar-refractivity contribution < 1.29 is 10.2 Å². The minimum Gasteiger partial charge on any atom is -0.396 e. The summed E-state index contributed by atoms with van der Waals surface area (Å²) in [6.07, 6.45) is 16.4. The molecule has 0 amide bonds. The Kier molecular flexibility index (Phi) is 8.26. The summed E-state index contributed by atoms with van der Waals surface area (Å²) in [5, 5.41) is 19.5. The molecule has 0 heterocycles. The number of hydrogen-bond acceptors (Lipinski definition) is 2. The average Bonchev–Trinajstić information content (AvgIpc) is 3.05. The van der Waals surface area contributed by atoms with Crippen LogP contribution in [0.4, 0.5) is 0 Å². The van der Waals surface area contributed by atoms with Crippen LogP contribution in [0, 0.1) is 46.3 Å². The molecule has 4 aliphatic carbocycles. The van der Waals surface area contributed by atoms with Gasteiger partial charge in [-0.25, -0.2) is 0 Å². The molecule has 2 N–H and O–H groups in total. The van der Waals surface area contributed by atoms with Gasteiger partial charge in [0.15, 0.2) is 0 Å². The van der Waals surface area contributed by atoms with Gasteiger partial charge in [-0.3, -0.25) is 0 Å². The first kappa shape index (κ1) is 25.2. The van der Waals surface area contributed by atoms with Crippen LogP contribution in [-0.4, -0.2) is 50.2 Å². The van der Waals surface area contributed by atoms with Crippen LogP contribution in [0.5, 0.6) is 0 Å². The SMILES string of the molecule is CC(CO)CCC[C@@H](C)[C@H]1CC[C@H]2[C@@H]3CC=C4C[C@@H](O)CC[C@]4(C)[C@H]3CC[C@]12C.[Pb]. The van der Waals surface area contributed by atoms with Crippen LogP contribution in [0.3, 0.4) is 0 Å². The molecule has 0 saturated heterocycles. The van der Waals surface area contributed by atoms with Crippen LogP contribution in [-0.2, 0) is 0 Å². The molecule has 3 fully saturated rings. The van der Waals surface area contributed by atoms with Crippen molar-refractivity contribution in [2.45, 2.75) is 104 Å². The molecule has 0 aliphatic heterocycles. The van der Waals surface area contributed by atoms with Crippen molar-refractivity contribution in [3.63, 3.8) is 0 Å². The Balaban J connectivity index is 0.00000256. The Labute approximate surface area is 205 Å². The molecule has 4 rings (SSSR count). The third-order valence-electron chi connectivity index (χ3n) is 10.5. The third-order valence-corrected chi connectivity index (χ3v) is 10.5. The molecule has 0 bridgehead atoms. The van der Waals surface area contributed by atoms with Gasteiger partial charge < -0.3 is 10.2 Å². The summed E-state index contributed by atoms with van der Waals surface area (Å²) in [6.45, 7) is 10.2. The summed E-state index contributed by atoms with van der Waals surface area (Å²) in [7, 11) is 0. The summed E-state index contributed by atoms with van der Waals surface area (Å²) in [6, 6.07) is 0. The van der Waals surface area contributed by atoms with Gasteiger partial charge in [0.25, 0.3) is 0 Å². The number of fused-ring (bicyclic) bond motifs is 5. The molecular weight excluding hydrogens is 563 g/mol. The fourth-order valence-corrected chi connectivity index (χ4v) is 8.70. The monoisotopic (exact) mass is 610 g/mol. The van der Waals surface area contributed by atoms with Gasteiger partial charge in [-0.1, -0.05) is 52.2 Å². The summed E-state index contributed by atoms with van der Waals surface area (Å²) in [4.78, 5) is 0. The van der Waals surface area contributed by atoms with Gasteiger partial charge in [0.05, 0.1) is 6.10 Å². The van der Waals surface area contributed by atoms with E-state index in [1.165, 1.54) is 57.8 Å². The molecule has 0 spiro atoms. The van der Waals surface area contributed by atoms with Gasteiger partial charge in [-0.2, -0.15) is 0 Å². The molecule has 4 aliphatic rings. The van der Waals surface area contributed by atoms with E-state index in [1.807, 2.05) is 0 Å². The first-order chi connectivity index (χ1) is 13.8. The van der Waals surface area contributed by atoms with E-state index in [9.17, 15) is 10.2 Å². The van der Waals surface area contributed by atoms with Crippen molar-refractivity contribution in [1.82, 2.24) is 0 Å². The molecule has 1 unspecified atom stereocenters. The summed E-state index contributed by atoms with van der Waals surface area (Å²) < 4.78 is 0. The maximum absolute atomic E-state index is 10.2. The zero-order chi connectivity index (χ0) is 20.8. The molecule has 0 aromatic heterocycles. The van der Waals surface area contributed by atoms with Crippen LogP contribution in [0.25, 0.3) is 0 Å². The third kappa shape index (κ3) is 4.36. The van der Waals surface area contributed by atoms with E-state index in [0.29, 0.717) is 23.4 Å². The first-order valence-corrected chi connectivity index (χ1v) is 12.8. The summed E-state index contributed by atoms with van der Waals surface area (Å²) in [5.74, 6) is 4.82. The van der Waals surface area contributed by atoms with Crippen LogP contribution >= 0.6 is 0 Å². The van der Waals surface area contributed by atoms with Crippen molar-refractivity contribution in [1.29, 1.82) is 0 Å². The first-order valence-electron chi connectivity index (χ1n) is 12.8. The standard InChI is InChI=1S/C27H46O2.Pb/c1-18(17-28)6-5-7-19(2)23-10-11-24-22-9-8-20-16-21(29)12-14-26(20,3)25(22)13-15-27(23,24)4;/h8,18-19,21-25,28-29H,5-7,9-17H2,1-4H3;/t18?,19-,21+,22+,23-,24+,25+,26+,27-;/m1./s1. The molecule has 0 aromatic rings. The second-order valence-electron chi connectivity index (χ2n) is 12.1. The second-order valence-corrected chi connectivity index (χ2v) is 12.1. The van der Waals surface area contributed by atoms with Crippen LogP contribution in [0.1, 0.15) is 98.3 Å². The molecule has 9 atom stereocenters. The molecule has 4 radical (unpaired) electrons. The summed E-state index contributed by atoms with van der Waals surface area (Å²) in [5.41, 5.74) is 2.51. The van der Waals surface area contributed by atoms with Gasteiger partial charge in [0.2, 0.25) is 0 Å². The van der Waals surface area contributed by atoms with Crippen molar-refractivity contribution >= 4 is 27.3 Å². The van der Waals surface area contributed by atoms with Crippen LogP contribution in [0.2, 0.25) is 0 Å². The molecule has 0 aromatic carbocycles. The van der Waals surface area contributed by atoms with E-state index in [-0.39, 0.29) is 33.4 Å². The van der Waals surface area contributed by atoms with Crippen molar-refractivity contribution in [3.8, 4) is 0 Å². The zero-order valence-corrected chi connectivity index (χ0v) is 23.9. The number of aliphatic hydroxyl groups excluding tert-OH is 2. The van der Waals surface area contributed by atoms with Crippen LogP contribution in [0.15, 0.2) is 11.6 Å². The Bertz CT molecular complexity index is 618. The number of allylic oxidation sites excluding steroid dienone is 1. The minimum absolute atomic E-state index is 0. The summed E-state index contributed by atoms with van der Waals surface area (Å²) >= 11 is 0. The maximum atomic E-state index is 10.2. The van der Waals surface area contributed by atoms with E-state index >= 15 is 0 Å². The number of rotatable bonds is 6. The molecule has 30 heavy (non-hydrogen) atoms. The number of hydrogen-bond donors (Lipinski definition) is 2. The molecule has 3 saturated carbocycles.